The summed E-state index contributed by atoms with van der Waals surface area (Å²) in [5.74, 6) is 0.246. The maximum absolute atomic E-state index is 13.2. The van der Waals surface area contributed by atoms with Crippen molar-refractivity contribution in [3.05, 3.63) is 65.7 Å². The lowest BCUT2D eigenvalue weighted by molar-refractivity contribution is -0.130. The number of ketones is 1. The first-order valence-electron chi connectivity index (χ1n) is 9.76. The quantitative estimate of drug-likeness (QED) is 0.751. The topological polar surface area (TPSA) is 32.8 Å². The maximum atomic E-state index is 13.2. The zero-order valence-electron chi connectivity index (χ0n) is 16.6. The molecule has 3 rings (SSSR count). The summed E-state index contributed by atoms with van der Waals surface area (Å²) in [5.41, 5.74) is 2.77. The van der Waals surface area contributed by atoms with E-state index in [1.54, 1.807) is 0 Å². The highest BCUT2D eigenvalue weighted by Gasteiger charge is 2.41. The molecule has 0 bridgehead atoms. The average molecular weight is 367 g/mol. The lowest BCUT2D eigenvalue weighted by Gasteiger charge is -2.39. The SMILES string of the molecule is CCC(=O)C(Cc1ccccc1)(c1ccc(N2CCOCC2)cc1)N(C)C. The minimum Gasteiger partial charge on any atom is -0.378 e. The molecule has 1 atom stereocenters. The van der Waals surface area contributed by atoms with E-state index in [0.717, 1.165) is 31.9 Å². The first-order chi connectivity index (χ1) is 13.1. The number of carbonyl (C=O) groups is 1. The smallest absolute Gasteiger partial charge is 0.157 e. The summed E-state index contributed by atoms with van der Waals surface area (Å²) in [6.45, 7) is 5.32. The van der Waals surface area contributed by atoms with Gasteiger partial charge in [0.15, 0.2) is 5.78 Å². The molecule has 1 heterocycles. The highest BCUT2D eigenvalue weighted by Crippen LogP contribution is 2.34. The predicted octanol–water partition coefficient (Wildman–Crippen LogP) is 3.50. The average Bonchev–Trinajstić information content (AvgIpc) is 2.73. The van der Waals surface area contributed by atoms with E-state index >= 15 is 0 Å². The Labute approximate surface area is 162 Å². The van der Waals surface area contributed by atoms with Gasteiger partial charge in [0.2, 0.25) is 0 Å². The minimum absolute atomic E-state index is 0.246. The number of anilines is 1. The van der Waals surface area contributed by atoms with Gasteiger partial charge in [-0.15, -0.1) is 0 Å². The van der Waals surface area contributed by atoms with E-state index in [-0.39, 0.29) is 5.78 Å². The summed E-state index contributed by atoms with van der Waals surface area (Å²) >= 11 is 0. The molecule has 1 aliphatic rings. The van der Waals surface area contributed by atoms with Crippen molar-refractivity contribution in [2.75, 3.05) is 45.3 Å². The number of hydrogen-bond acceptors (Lipinski definition) is 4. The van der Waals surface area contributed by atoms with Crippen LogP contribution in [-0.4, -0.2) is 51.1 Å². The number of nitrogens with zero attached hydrogens (tertiary/aromatic N) is 2. The van der Waals surface area contributed by atoms with Crippen LogP contribution in [0.25, 0.3) is 0 Å². The number of likely N-dealkylation sites (N-methyl/N-ethyl adjacent to an activating group) is 1. The molecule has 4 heteroatoms. The molecule has 0 N–H and O–H groups in total. The van der Waals surface area contributed by atoms with E-state index in [4.69, 9.17) is 4.74 Å². The van der Waals surface area contributed by atoms with Gasteiger partial charge in [0, 0.05) is 31.6 Å². The Morgan fingerprint density at radius 2 is 1.67 bits per heavy atom. The molecule has 1 saturated heterocycles. The van der Waals surface area contributed by atoms with Crippen LogP contribution >= 0.6 is 0 Å². The molecule has 1 aliphatic heterocycles. The van der Waals surface area contributed by atoms with Crippen LogP contribution in [-0.2, 0) is 21.5 Å². The molecule has 144 valence electrons. The number of morpholine rings is 1. The van der Waals surface area contributed by atoms with Crippen molar-refractivity contribution in [3.63, 3.8) is 0 Å². The van der Waals surface area contributed by atoms with Gasteiger partial charge in [-0.25, -0.2) is 0 Å². The van der Waals surface area contributed by atoms with Crippen molar-refractivity contribution >= 4 is 11.5 Å². The van der Waals surface area contributed by atoms with Crippen LogP contribution in [0.15, 0.2) is 54.6 Å². The van der Waals surface area contributed by atoms with Crippen LogP contribution in [0, 0.1) is 0 Å². The number of benzene rings is 2. The Hall–Kier alpha value is -2.17. The first kappa shape index (κ1) is 19.6. The fourth-order valence-corrected chi connectivity index (χ4v) is 3.98. The Balaban J connectivity index is 1.97. The van der Waals surface area contributed by atoms with Gasteiger partial charge in [0.05, 0.1) is 13.2 Å². The second-order valence-electron chi connectivity index (χ2n) is 7.34. The number of carbonyl (C=O) groups excluding carboxylic acids is 1. The maximum Gasteiger partial charge on any atom is 0.157 e. The Morgan fingerprint density at radius 1 is 1.04 bits per heavy atom. The van der Waals surface area contributed by atoms with Crippen LogP contribution in [0.3, 0.4) is 0 Å². The molecule has 0 aliphatic carbocycles. The summed E-state index contributed by atoms with van der Waals surface area (Å²) in [4.78, 5) is 17.6. The molecule has 0 aromatic heterocycles. The predicted molar refractivity (Wildman–Crippen MR) is 110 cm³/mol. The van der Waals surface area contributed by atoms with E-state index in [9.17, 15) is 4.79 Å². The number of hydrogen-bond donors (Lipinski definition) is 0. The van der Waals surface area contributed by atoms with Crippen molar-refractivity contribution in [2.45, 2.75) is 25.3 Å². The summed E-state index contributed by atoms with van der Waals surface area (Å²) in [7, 11) is 4.01. The standard InChI is InChI=1S/C23H30N2O2/c1-4-22(26)23(24(2)3,18-19-8-6-5-7-9-19)20-10-12-21(13-11-20)25-14-16-27-17-15-25/h5-13H,4,14-18H2,1-3H3. The van der Waals surface area contributed by atoms with Crippen molar-refractivity contribution < 1.29 is 9.53 Å². The van der Waals surface area contributed by atoms with Crippen LogP contribution < -0.4 is 4.90 Å². The second-order valence-corrected chi connectivity index (χ2v) is 7.34. The summed E-state index contributed by atoms with van der Waals surface area (Å²) in [6.07, 6.45) is 1.18. The van der Waals surface area contributed by atoms with E-state index in [1.165, 1.54) is 11.3 Å². The van der Waals surface area contributed by atoms with Gasteiger partial charge in [0.25, 0.3) is 0 Å². The molecule has 4 nitrogen and oxygen atoms in total. The number of Topliss-reactive ketones (excluding diaryl/α,β-unsaturated/α-hetero) is 1. The summed E-state index contributed by atoms with van der Waals surface area (Å²) in [6, 6.07) is 18.8. The van der Waals surface area contributed by atoms with Gasteiger partial charge < -0.3 is 9.64 Å². The highest BCUT2D eigenvalue weighted by atomic mass is 16.5. The van der Waals surface area contributed by atoms with Crippen molar-refractivity contribution in [1.82, 2.24) is 4.90 Å². The van der Waals surface area contributed by atoms with Gasteiger partial charge in [-0.05, 0) is 37.4 Å². The van der Waals surface area contributed by atoms with Gasteiger partial charge >= 0.3 is 0 Å². The van der Waals surface area contributed by atoms with Crippen LogP contribution in [0.5, 0.6) is 0 Å². The van der Waals surface area contributed by atoms with Gasteiger partial charge in [-0.3, -0.25) is 9.69 Å². The molecule has 1 fully saturated rings. The van der Waals surface area contributed by atoms with Crippen LogP contribution in [0.1, 0.15) is 24.5 Å². The zero-order valence-corrected chi connectivity index (χ0v) is 16.6. The van der Waals surface area contributed by atoms with Crippen molar-refractivity contribution in [3.8, 4) is 0 Å². The van der Waals surface area contributed by atoms with Gasteiger partial charge in [-0.1, -0.05) is 49.4 Å². The van der Waals surface area contributed by atoms with E-state index in [1.807, 2.05) is 39.2 Å². The molecule has 0 spiro atoms. The Bertz CT molecular complexity index is 737. The Kier molecular flexibility index (Phi) is 6.30. The molecule has 27 heavy (non-hydrogen) atoms. The monoisotopic (exact) mass is 366 g/mol. The minimum atomic E-state index is -0.653. The molecule has 0 amide bonds. The number of ether oxygens (including phenoxy) is 1. The molecular formula is C23H30N2O2. The van der Waals surface area contributed by atoms with Gasteiger partial charge in [0.1, 0.15) is 5.54 Å². The first-order valence-corrected chi connectivity index (χ1v) is 9.76. The molecule has 0 saturated carbocycles. The molecule has 2 aromatic carbocycles. The zero-order chi connectivity index (χ0) is 19.3. The normalized spacial score (nSPS) is 17.0. The fourth-order valence-electron chi connectivity index (χ4n) is 3.98. The lowest BCUT2D eigenvalue weighted by atomic mass is 9.78. The van der Waals surface area contributed by atoms with E-state index in [2.05, 4.69) is 46.2 Å². The van der Waals surface area contributed by atoms with E-state index < -0.39 is 5.54 Å². The second kappa shape index (κ2) is 8.68. The molecular weight excluding hydrogens is 336 g/mol. The lowest BCUT2D eigenvalue weighted by Crippen LogP contribution is -2.50. The Morgan fingerprint density at radius 3 is 2.22 bits per heavy atom. The third-order valence-corrected chi connectivity index (χ3v) is 5.57. The largest absolute Gasteiger partial charge is 0.378 e. The third-order valence-electron chi connectivity index (χ3n) is 5.57. The van der Waals surface area contributed by atoms with Gasteiger partial charge in [-0.2, -0.15) is 0 Å². The molecule has 2 aromatic rings. The molecule has 0 radical (unpaired) electrons. The number of rotatable bonds is 7. The molecule has 1 unspecified atom stereocenters. The van der Waals surface area contributed by atoms with Crippen LogP contribution in [0.2, 0.25) is 0 Å². The van der Waals surface area contributed by atoms with Crippen LogP contribution in [0.4, 0.5) is 5.69 Å². The van der Waals surface area contributed by atoms with E-state index in [0.29, 0.717) is 12.8 Å². The fraction of sp³-hybridized carbons (Fsp3) is 0.435. The summed E-state index contributed by atoms with van der Waals surface area (Å²) < 4.78 is 5.45. The third kappa shape index (κ3) is 4.07. The summed E-state index contributed by atoms with van der Waals surface area (Å²) in [5, 5.41) is 0. The van der Waals surface area contributed by atoms with Crippen molar-refractivity contribution in [1.29, 1.82) is 0 Å². The van der Waals surface area contributed by atoms with Crippen molar-refractivity contribution in [2.24, 2.45) is 0 Å². The highest BCUT2D eigenvalue weighted by molar-refractivity contribution is 5.90.